The molecule has 0 saturated carbocycles. The van der Waals surface area contributed by atoms with Gasteiger partial charge in [-0.3, -0.25) is 9.59 Å². The Hall–Kier alpha value is -2.54. The van der Waals surface area contributed by atoms with Crippen molar-refractivity contribution >= 4 is 28.8 Å². The molecule has 1 N–H and O–H groups in total. The maximum atomic E-state index is 13.1. The lowest BCUT2D eigenvalue weighted by Crippen LogP contribution is -2.56. The van der Waals surface area contributed by atoms with Crippen molar-refractivity contribution in [2.75, 3.05) is 38.2 Å². The van der Waals surface area contributed by atoms with Crippen LogP contribution in [-0.4, -0.2) is 56.0 Å². The number of rotatable bonds is 6. The van der Waals surface area contributed by atoms with Gasteiger partial charge < -0.3 is 19.9 Å². The van der Waals surface area contributed by atoms with Crippen molar-refractivity contribution in [2.24, 2.45) is 5.92 Å². The van der Waals surface area contributed by atoms with Gasteiger partial charge in [0.15, 0.2) is 0 Å². The average molecular weight is 402 g/mol. The van der Waals surface area contributed by atoms with E-state index in [0.29, 0.717) is 18.0 Å². The summed E-state index contributed by atoms with van der Waals surface area (Å²) in [5, 5.41) is 4.78. The van der Waals surface area contributed by atoms with Crippen molar-refractivity contribution in [3.05, 3.63) is 46.7 Å². The molecule has 1 aliphatic rings. The van der Waals surface area contributed by atoms with E-state index < -0.39 is 6.04 Å². The number of thiophene rings is 1. The molecule has 3 rings (SSSR count). The minimum atomic E-state index is -0.516. The van der Waals surface area contributed by atoms with Gasteiger partial charge in [-0.1, -0.05) is 26.0 Å². The first kappa shape index (κ1) is 20.2. The Balaban J connectivity index is 1.61. The number of nitrogens with zero attached hydrogens (tertiary/aromatic N) is 2. The number of amides is 2. The summed E-state index contributed by atoms with van der Waals surface area (Å²) in [5.74, 6) is 0.655. The van der Waals surface area contributed by atoms with E-state index in [9.17, 15) is 9.59 Å². The van der Waals surface area contributed by atoms with Gasteiger partial charge in [-0.05, 0) is 29.5 Å². The third-order valence-corrected chi connectivity index (χ3v) is 5.84. The van der Waals surface area contributed by atoms with Crippen molar-refractivity contribution in [2.45, 2.75) is 19.9 Å². The molecule has 2 amide bonds. The summed E-state index contributed by atoms with van der Waals surface area (Å²) in [4.78, 5) is 30.2. The van der Waals surface area contributed by atoms with Crippen LogP contribution in [0, 0.1) is 5.92 Å². The Morgan fingerprint density at radius 1 is 1.11 bits per heavy atom. The lowest BCUT2D eigenvalue weighted by Gasteiger charge is -2.38. The number of hydrogen-bond donors (Lipinski definition) is 1. The predicted molar refractivity (Wildman–Crippen MR) is 112 cm³/mol. The number of methoxy groups -OCH3 is 1. The van der Waals surface area contributed by atoms with E-state index in [-0.39, 0.29) is 17.7 Å². The van der Waals surface area contributed by atoms with Gasteiger partial charge >= 0.3 is 0 Å². The highest BCUT2D eigenvalue weighted by Crippen LogP contribution is 2.22. The number of ether oxygens (including phenoxy) is 1. The topological polar surface area (TPSA) is 61.9 Å². The van der Waals surface area contributed by atoms with Gasteiger partial charge in [-0.25, -0.2) is 0 Å². The third-order valence-electron chi connectivity index (χ3n) is 4.97. The molecule has 0 radical (unpaired) electrons. The standard InChI is InChI=1S/C21H27N3O3S/c1-15(2)19(22-20(25)18-8-5-13-28-18)21(26)24-11-9-23(10-12-24)16-6-4-7-17(14-16)27-3/h4-8,13-15,19H,9-12H2,1-3H3,(H,22,25). The molecule has 7 heteroatoms. The first-order chi connectivity index (χ1) is 13.5. The Labute approximate surface area is 170 Å². The second-order valence-corrected chi connectivity index (χ2v) is 8.13. The van der Waals surface area contributed by atoms with Crippen LogP contribution in [0.15, 0.2) is 41.8 Å². The number of piperazine rings is 1. The van der Waals surface area contributed by atoms with Gasteiger partial charge in [0.05, 0.1) is 12.0 Å². The minimum absolute atomic E-state index is 0.00908. The van der Waals surface area contributed by atoms with Crippen molar-refractivity contribution in [3.8, 4) is 5.75 Å². The van der Waals surface area contributed by atoms with Crippen LogP contribution in [0.4, 0.5) is 5.69 Å². The van der Waals surface area contributed by atoms with E-state index in [0.717, 1.165) is 24.5 Å². The van der Waals surface area contributed by atoms with Gasteiger partial charge in [-0.15, -0.1) is 11.3 Å². The highest BCUT2D eigenvalue weighted by molar-refractivity contribution is 7.12. The van der Waals surface area contributed by atoms with Gasteiger partial charge in [0, 0.05) is 37.9 Å². The summed E-state index contributed by atoms with van der Waals surface area (Å²) in [6.45, 7) is 6.70. The summed E-state index contributed by atoms with van der Waals surface area (Å²) in [7, 11) is 1.66. The Morgan fingerprint density at radius 2 is 1.86 bits per heavy atom. The molecule has 2 heterocycles. The summed E-state index contributed by atoms with van der Waals surface area (Å²) in [6, 6.07) is 11.1. The molecule has 1 fully saturated rings. The molecule has 6 nitrogen and oxygen atoms in total. The first-order valence-electron chi connectivity index (χ1n) is 9.51. The minimum Gasteiger partial charge on any atom is -0.497 e. The zero-order valence-corrected chi connectivity index (χ0v) is 17.4. The zero-order valence-electron chi connectivity index (χ0n) is 16.6. The van der Waals surface area contributed by atoms with Crippen LogP contribution in [0.2, 0.25) is 0 Å². The number of hydrogen-bond acceptors (Lipinski definition) is 5. The molecule has 150 valence electrons. The SMILES string of the molecule is COc1cccc(N2CCN(C(=O)C(NC(=O)c3cccs3)C(C)C)CC2)c1. The van der Waals surface area contributed by atoms with Crippen LogP contribution < -0.4 is 15.0 Å². The molecule has 0 spiro atoms. The van der Waals surface area contributed by atoms with Gasteiger partial charge in [-0.2, -0.15) is 0 Å². The zero-order chi connectivity index (χ0) is 20.1. The van der Waals surface area contributed by atoms with Gasteiger partial charge in [0.2, 0.25) is 5.91 Å². The maximum absolute atomic E-state index is 13.1. The van der Waals surface area contributed by atoms with Crippen LogP contribution in [0.25, 0.3) is 0 Å². The van der Waals surface area contributed by atoms with Crippen LogP contribution in [0.1, 0.15) is 23.5 Å². The van der Waals surface area contributed by atoms with Crippen LogP contribution >= 0.6 is 11.3 Å². The van der Waals surface area contributed by atoms with Crippen molar-refractivity contribution in [1.29, 1.82) is 0 Å². The number of anilines is 1. The Kier molecular flexibility index (Phi) is 6.57. The smallest absolute Gasteiger partial charge is 0.262 e. The highest BCUT2D eigenvalue weighted by Gasteiger charge is 2.31. The van der Waals surface area contributed by atoms with Crippen LogP contribution in [0.5, 0.6) is 5.75 Å². The molecule has 1 aromatic heterocycles. The van der Waals surface area contributed by atoms with Crippen molar-refractivity contribution in [1.82, 2.24) is 10.2 Å². The average Bonchev–Trinajstić information content (AvgIpc) is 3.26. The molecule has 0 bridgehead atoms. The molecule has 2 aromatic rings. The first-order valence-corrected chi connectivity index (χ1v) is 10.4. The lowest BCUT2D eigenvalue weighted by molar-refractivity contribution is -0.134. The Morgan fingerprint density at radius 3 is 2.46 bits per heavy atom. The van der Waals surface area contributed by atoms with Gasteiger partial charge in [0.25, 0.3) is 5.91 Å². The van der Waals surface area contributed by atoms with E-state index >= 15 is 0 Å². The normalized spacial score (nSPS) is 15.4. The van der Waals surface area contributed by atoms with E-state index in [1.54, 1.807) is 13.2 Å². The third kappa shape index (κ3) is 4.65. The molecule has 1 aliphatic heterocycles. The number of benzene rings is 1. The fourth-order valence-corrected chi connectivity index (χ4v) is 3.95. The fraction of sp³-hybridized carbons (Fsp3) is 0.429. The quantitative estimate of drug-likeness (QED) is 0.809. The molecule has 28 heavy (non-hydrogen) atoms. The van der Waals surface area contributed by atoms with E-state index in [2.05, 4.69) is 16.3 Å². The van der Waals surface area contributed by atoms with E-state index in [4.69, 9.17) is 4.74 Å². The summed E-state index contributed by atoms with van der Waals surface area (Å²) < 4.78 is 5.30. The summed E-state index contributed by atoms with van der Waals surface area (Å²) >= 11 is 1.38. The van der Waals surface area contributed by atoms with Gasteiger partial charge in [0.1, 0.15) is 11.8 Å². The monoisotopic (exact) mass is 401 g/mol. The lowest BCUT2D eigenvalue weighted by atomic mass is 10.0. The summed E-state index contributed by atoms with van der Waals surface area (Å²) in [6.07, 6.45) is 0. The highest BCUT2D eigenvalue weighted by atomic mass is 32.1. The number of carbonyl (C=O) groups excluding carboxylic acids is 2. The van der Waals surface area contributed by atoms with Crippen LogP contribution in [-0.2, 0) is 4.79 Å². The molecule has 0 aliphatic carbocycles. The molecule has 1 saturated heterocycles. The Bertz CT molecular complexity index is 799. The second kappa shape index (κ2) is 9.10. The molecule has 1 aromatic carbocycles. The van der Waals surface area contributed by atoms with E-state index in [1.165, 1.54) is 11.3 Å². The van der Waals surface area contributed by atoms with E-state index in [1.807, 2.05) is 48.4 Å². The molecule has 1 unspecified atom stereocenters. The fourth-order valence-electron chi connectivity index (χ4n) is 3.32. The molecular formula is C21H27N3O3S. The molecule has 1 atom stereocenters. The maximum Gasteiger partial charge on any atom is 0.262 e. The largest absolute Gasteiger partial charge is 0.497 e. The van der Waals surface area contributed by atoms with Crippen molar-refractivity contribution < 1.29 is 14.3 Å². The second-order valence-electron chi connectivity index (χ2n) is 7.19. The number of carbonyl (C=O) groups is 2. The molecular weight excluding hydrogens is 374 g/mol. The van der Waals surface area contributed by atoms with Crippen molar-refractivity contribution in [3.63, 3.8) is 0 Å². The predicted octanol–water partition coefficient (Wildman–Crippen LogP) is 2.86. The number of nitrogens with one attached hydrogen (secondary N) is 1. The summed E-state index contributed by atoms with van der Waals surface area (Å²) in [5.41, 5.74) is 1.10. The van der Waals surface area contributed by atoms with Crippen LogP contribution in [0.3, 0.4) is 0 Å².